The van der Waals surface area contributed by atoms with Crippen LogP contribution in [0.15, 0.2) is 36.4 Å². The Morgan fingerprint density at radius 2 is 1.39 bits per heavy atom. The van der Waals surface area contributed by atoms with E-state index in [1.165, 1.54) is 28.4 Å². The highest BCUT2D eigenvalue weighted by Gasteiger charge is 2.28. The molecular formula is C21H24O7. The number of rotatable bonds is 9. The summed E-state index contributed by atoms with van der Waals surface area (Å²) >= 11 is 0. The number of carbonyl (C=O) groups excluding carboxylic acids is 2. The topological polar surface area (TPSA) is 80.3 Å². The van der Waals surface area contributed by atoms with Crippen LogP contribution in [0.4, 0.5) is 0 Å². The summed E-state index contributed by atoms with van der Waals surface area (Å²) in [6.45, 7) is 0. The molecule has 0 bridgehead atoms. The normalized spacial score (nSPS) is 11.3. The fraction of sp³-hybridized carbons (Fsp3) is 0.333. The van der Waals surface area contributed by atoms with Gasteiger partial charge >= 0.3 is 5.97 Å². The van der Waals surface area contributed by atoms with Gasteiger partial charge in [-0.1, -0.05) is 0 Å². The zero-order valence-electron chi connectivity index (χ0n) is 16.6. The van der Waals surface area contributed by atoms with Crippen molar-refractivity contribution in [2.75, 3.05) is 35.5 Å². The maximum absolute atomic E-state index is 12.7. The SMILES string of the molecule is COC(=O)C(CC(=O)c1ccc(OC)cc1)c1cc(OC)c(OC)c(OC)c1. The Balaban J connectivity index is 2.40. The number of benzene rings is 2. The van der Waals surface area contributed by atoms with Gasteiger partial charge in [-0.25, -0.2) is 0 Å². The summed E-state index contributed by atoms with van der Waals surface area (Å²) in [4.78, 5) is 25.2. The summed E-state index contributed by atoms with van der Waals surface area (Å²) < 4.78 is 26.0. The Morgan fingerprint density at radius 3 is 1.82 bits per heavy atom. The number of ether oxygens (including phenoxy) is 5. The quantitative estimate of drug-likeness (QED) is 0.482. The minimum Gasteiger partial charge on any atom is -0.497 e. The molecule has 0 amide bonds. The van der Waals surface area contributed by atoms with E-state index in [-0.39, 0.29) is 12.2 Å². The maximum atomic E-state index is 12.7. The largest absolute Gasteiger partial charge is 0.497 e. The van der Waals surface area contributed by atoms with Crippen molar-refractivity contribution < 1.29 is 33.3 Å². The van der Waals surface area contributed by atoms with Crippen molar-refractivity contribution in [1.29, 1.82) is 0 Å². The molecular weight excluding hydrogens is 364 g/mol. The Hall–Kier alpha value is -3.22. The number of hydrogen-bond donors (Lipinski definition) is 0. The first-order chi connectivity index (χ1) is 13.5. The first kappa shape index (κ1) is 21.1. The van der Waals surface area contributed by atoms with E-state index >= 15 is 0 Å². The molecule has 0 aromatic heterocycles. The number of carbonyl (C=O) groups is 2. The molecule has 0 aliphatic carbocycles. The van der Waals surface area contributed by atoms with Gasteiger partial charge in [-0.2, -0.15) is 0 Å². The standard InChI is InChI=1S/C21H24O7/c1-24-15-8-6-13(7-9-15)17(22)12-16(21(23)28-5)14-10-18(25-2)20(27-4)19(11-14)26-3/h6-11,16H,12H2,1-5H3. The van der Waals surface area contributed by atoms with Crippen LogP contribution in [-0.4, -0.2) is 47.3 Å². The van der Waals surface area contributed by atoms with E-state index in [1.807, 2.05) is 0 Å². The lowest BCUT2D eigenvalue weighted by Gasteiger charge is -2.19. The molecule has 0 fully saturated rings. The predicted molar refractivity (Wildman–Crippen MR) is 103 cm³/mol. The smallest absolute Gasteiger partial charge is 0.313 e. The molecule has 2 aromatic rings. The highest BCUT2D eigenvalue weighted by atomic mass is 16.5. The van der Waals surface area contributed by atoms with Crippen LogP contribution in [-0.2, 0) is 9.53 Å². The molecule has 7 nitrogen and oxygen atoms in total. The van der Waals surface area contributed by atoms with Crippen LogP contribution in [0, 0.1) is 0 Å². The number of methoxy groups -OCH3 is 5. The predicted octanol–water partition coefficient (Wildman–Crippen LogP) is 3.25. The molecule has 2 aromatic carbocycles. The minimum absolute atomic E-state index is 0.0718. The molecule has 0 aliphatic heterocycles. The third kappa shape index (κ3) is 4.54. The average Bonchev–Trinajstić information content (AvgIpc) is 2.75. The van der Waals surface area contributed by atoms with E-state index < -0.39 is 11.9 Å². The van der Waals surface area contributed by atoms with Gasteiger partial charge in [-0.3, -0.25) is 9.59 Å². The fourth-order valence-electron chi connectivity index (χ4n) is 2.86. The molecule has 0 N–H and O–H groups in total. The molecule has 7 heteroatoms. The molecule has 28 heavy (non-hydrogen) atoms. The molecule has 150 valence electrons. The van der Waals surface area contributed by atoms with Crippen LogP contribution in [0.3, 0.4) is 0 Å². The molecule has 0 radical (unpaired) electrons. The van der Waals surface area contributed by atoms with Gasteiger partial charge in [0.1, 0.15) is 5.75 Å². The van der Waals surface area contributed by atoms with E-state index in [9.17, 15) is 9.59 Å². The maximum Gasteiger partial charge on any atom is 0.313 e. The van der Waals surface area contributed by atoms with E-state index in [0.29, 0.717) is 34.1 Å². The average molecular weight is 388 g/mol. The van der Waals surface area contributed by atoms with E-state index in [0.717, 1.165) is 0 Å². The number of hydrogen-bond acceptors (Lipinski definition) is 7. The number of ketones is 1. The lowest BCUT2D eigenvalue weighted by Crippen LogP contribution is -2.18. The first-order valence-electron chi connectivity index (χ1n) is 8.54. The van der Waals surface area contributed by atoms with Gasteiger partial charge in [-0.05, 0) is 42.0 Å². The van der Waals surface area contributed by atoms with Crippen LogP contribution in [0.2, 0.25) is 0 Å². The summed E-state index contributed by atoms with van der Waals surface area (Å²) in [6.07, 6.45) is -0.0718. The van der Waals surface area contributed by atoms with Crippen LogP contribution in [0.5, 0.6) is 23.0 Å². The highest BCUT2D eigenvalue weighted by Crippen LogP contribution is 2.41. The molecule has 2 rings (SSSR count). The van der Waals surface area contributed by atoms with Crippen LogP contribution in [0.1, 0.15) is 28.3 Å². The van der Waals surface area contributed by atoms with Crippen molar-refractivity contribution in [2.45, 2.75) is 12.3 Å². The molecule has 0 saturated carbocycles. The Bertz CT molecular complexity index is 802. The van der Waals surface area contributed by atoms with Crippen molar-refractivity contribution in [2.24, 2.45) is 0 Å². The van der Waals surface area contributed by atoms with Crippen molar-refractivity contribution >= 4 is 11.8 Å². The first-order valence-corrected chi connectivity index (χ1v) is 8.54. The highest BCUT2D eigenvalue weighted by molar-refractivity contribution is 5.99. The summed E-state index contributed by atoms with van der Waals surface area (Å²) in [5, 5.41) is 0. The number of Topliss-reactive ketones (excluding diaryl/α,β-unsaturated/α-hetero) is 1. The molecule has 0 aliphatic rings. The van der Waals surface area contributed by atoms with Crippen molar-refractivity contribution in [3.05, 3.63) is 47.5 Å². The second-order valence-electron chi connectivity index (χ2n) is 5.89. The van der Waals surface area contributed by atoms with Crippen LogP contribution >= 0.6 is 0 Å². The molecule has 0 spiro atoms. The molecule has 0 saturated heterocycles. The minimum atomic E-state index is -0.826. The third-order valence-corrected chi connectivity index (χ3v) is 4.38. The summed E-state index contributed by atoms with van der Waals surface area (Å²) in [5.41, 5.74) is 1.00. The monoisotopic (exact) mass is 388 g/mol. The number of esters is 1. The molecule has 1 atom stereocenters. The molecule has 1 unspecified atom stereocenters. The van der Waals surface area contributed by atoms with Gasteiger partial charge in [0.2, 0.25) is 5.75 Å². The Labute approximate surface area is 164 Å². The lowest BCUT2D eigenvalue weighted by atomic mass is 9.91. The van der Waals surface area contributed by atoms with Crippen molar-refractivity contribution in [3.8, 4) is 23.0 Å². The summed E-state index contributed by atoms with van der Waals surface area (Å²) in [7, 11) is 7.29. The third-order valence-electron chi connectivity index (χ3n) is 4.38. The Morgan fingerprint density at radius 1 is 0.821 bits per heavy atom. The summed E-state index contributed by atoms with van der Waals surface area (Å²) in [5.74, 6) is 0.270. The fourth-order valence-corrected chi connectivity index (χ4v) is 2.86. The summed E-state index contributed by atoms with van der Waals surface area (Å²) in [6, 6.07) is 9.99. The van der Waals surface area contributed by atoms with E-state index in [4.69, 9.17) is 23.7 Å². The second-order valence-corrected chi connectivity index (χ2v) is 5.89. The zero-order chi connectivity index (χ0) is 20.7. The Kier molecular flexibility index (Phi) is 7.26. The van der Waals surface area contributed by atoms with Gasteiger partial charge in [-0.15, -0.1) is 0 Å². The van der Waals surface area contributed by atoms with Crippen molar-refractivity contribution in [1.82, 2.24) is 0 Å². The van der Waals surface area contributed by atoms with Gasteiger partial charge in [0, 0.05) is 12.0 Å². The lowest BCUT2D eigenvalue weighted by molar-refractivity contribution is -0.142. The zero-order valence-corrected chi connectivity index (χ0v) is 16.6. The van der Waals surface area contributed by atoms with Gasteiger partial charge in [0.05, 0.1) is 41.5 Å². The van der Waals surface area contributed by atoms with Crippen LogP contribution < -0.4 is 18.9 Å². The van der Waals surface area contributed by atoms with Gasteiger partial charge in [0.25, 0.3) is 0 Å². The molecule has 0 heterocycles. The van der Waals surface area contributed by atoms with Crippen LogP contribution in [0.25, 0.3) is 0 Å². The second kappa shape index (κ2) is 9.64. The van der Waals surface area contributed by atoms with Gasteiger partial charge < -0.3 is 23.7 Å². The van der Waals surface area contributed by atoms with Crippen molar-refractivity contribution in [3.63, 3.8) is 0 Å². The van der Waals surface area contributed by atoms with Gasteiger partial charge in [0.15, 0.2) is 17.3 Å². The van der Waals surface area contributed by atoms with E-state index in [2.05, 4.69) is 0 Å². The van der Waals surface area contributed by atoms with E-state index in [1.54, 1.807) is 43.5 Å².